The minimum Gasteiger partial charge on any atom is -0.370 e. The van der Waals surface area contributed by atoms with Gasteiger partial charge >= 0.3 is 0 Å². The van der Waals surface area contributed by atoms with Crippen molar-refractivity contribution in [3.05, 3.63) is 34.4 Å². The maximum atomic E-state index is 5.87. The predicted molar refractivity (Wildman–Crippen MR) is 78.9 cm³/mol. The molecular weight excluding hydrogens is 222 g/mol. The summed E-state index contributed by atoms with van der Waals surface area (Å²) in [6.45, 7) is 11.2. The summed E-state index contributed by atoms with van der Waals surface area (Å²) in [6.07, 6.45) is 1.04. The summed E-state index contributed by atoms with van der Waals surface area (Å²) < 4.78 is 0. The second-order valence-corrected chi connectivity index (χ2v) is 5.03. The first-order chi connectivity index (χ1) is 8.43. The van der Waals surface area contributed by atoms with Crippen LogP contribution >= 0.6 is 0 Å². The molecule has 0 aliphatic carbocycles. The highest BCUT2D eigenvalue weighted by molar-refractivity contribution is 5.78. The summed E-state index contributed by atoms with van der Waals surface area (Å²) in [5, 5.41) is 3.18. The van der Waals surface area contributed by atoms with Crippen molar-refractivity contribution >= 4 is 5.96 Å². The van der Waals surface area contributed by atoms with Crippen LogP contribution in [0.1, 0.15) is 42.5 Å². The van der Waals surface area contributed by atoms with Gasteiger partial charge in [0.25, 0.3) is 0 Å². The third-order valence-electron chi connectivity index (χ3n) is 3.25. The van der Waals surface area contributed by atoms with Crippen LogP contribution in [0.2, 0.25) is 0 Å². The first kappa shape index (κ1) is 14.6. The van der Waals surface area contributed by atoms with Crippen LogP contribution in [-0.2, 0) is 6.54 Å². The predicted octanol–water partition coefficient (Wildman–Crippen LogP) is 2.81. The SMILES string of the molecule is CCC(C)NC(N)=NCc1c(C)cc(C)cc1C. The van der Waals surface area contributed by atoms with Gasteiger partial charge in [-0.3, -0.25) is 0 Å². The number of nitrogens with one attached hydrogen (secondary N) is 1. The summed E-state index contributed by atoms with van der Waals surface area (Å²) in [5.74, 6) is 0.531. The Kier molecular flexibility index (Phi) is 5.20. The lowest BCUT2D eigenvalue weighted by Gasteiger charge is -2.13. The quantitative estimate of drug-likeness (QED) is 0.635. The van der Waals surface area contributed by atoms with Gasteiger partial charge in [-0.2, -0.15) is 0 Å². The molecule has 0 bridgehead atoms. The molecule has 100 valence electrons. The van der Waals surface area contributed by atoms with Gasteiger partial charge in [-0.05, 0) is 50.8 Å². The smallest absolute Gasteiger partial charge is 0.189 e. The highest BCUT2D eigenvalue weighted by atomic mass is 15.1. The Bertz CT molecular complexity index is 412. The van der Waals surface area contributed by atoms with E-state index in [1.165, 1.54) is 22.3 Å². The number of aryl methyl sites for hydroxylation is 3. The van der Waals surface area contributed by atoms with Crippen molar-refractivity contribution in [1.29, 1.82) is 0 Å². The number of nitrogens with zero attached hydrogens (tertiary/aromatic N) is 1. The van der Waals surface area contributed by atoms with Gasteiger partial charge in [0.15, 0.2) is 5.96 Å². The lowest BCUT2D eigenvalue weighted by molar-refractivity contribution is 0.636. The Morgan fingerprint density at radius 3 is 2.33 bits per heavy atom. The minimum atomic E-state index is 0.369. The monoisotopic (exact) mass is 247 g/mol. The molecule has 18 heavy (non-hydrogen) atoms. The molecule has 3 nitrogen and oxygen atoms in total. The van der Waals surface area contributed by atoms with E-state index in [1.54, 1.807) is 0 Å². The van der Waals surface area contributed by atoms with Crippen LogP contribution in [0.25, 0.3) is 0 Å². The van der Waals surface area contributed by atoms with E-state index in [4.69, 9.17) is 5.73 Å². The molecule has 1 atom stereocenters. The largest absolute Gasteiger partial charge is 0.370 e. The molecule has 1 aromatic rings. The number of hydrogen-bond donors (Lipinski definition) is 2. The van der Waals surface area contributed by atoms with Crippen LogP contribution in [0, 0.1) is 20.8 Å². The fraction of sp³-hybridized carbons (Fsp3) is 0.533. The number of guanidine groups is 1. The average Bonchev–Trinajstić information content (AvgIpc) is 2.27. The Labute approximate surface area is 111 Å². The fourth-order valence-electron chi connectivity index (χ4n) is 2.02. The molecule has 3 heteroatoms. The van der Waals surface area contributed by atoms with Crippen molar-refractivity contribution in [3.8, 4) is 0 Å². The van der Waals surface area contributed by atoms with E-state index in [9.17, 15) is 0 Å². The second-order valence-electron chi connectivity index (χ2n) is 5.03. The van der Waals surface area contributed by atoms with E-state index >= 15 is 0 Å². The van der Waals surface area contributed by atoms with E-state index in [1.807, 2.05) is 0 Å². The molecule has 0 heterocycles. The Morgan fingerprint density at radius 1 is 1.28 bits per heavy atom. The topological polar surface area (TPSA) is 50.4 Å². The van der Waals surface area contributed by atoms with E-state index in [2.05, 4.69) is 57.1 Å². The third-order valence-corrected chi connectivity index (χ3v) is 3.25. The summed E-state index contributed by atoms with van der Waals surface area (Å²) >= 11 is 0. The van der Waals surface area contributed by atoms with Gasteiger partial charge < -0.3 is 11.1 Å². The van der Waals surface area contributed by atoms with Gasteiger partial charge in [0.2, 0.25) is 0 Å². The highest BCUT2D eigenvalue weighted by Crippen LogP contribution is 2.17. The number of rotatable bonds is 4. The first-order valence-electron chi connectivity index (χ1n) is 6.57. The van der Waals surface area contributed by atoms with Gasteiger partial charge in [-0.25, -0.2) is 4.99 Å². The summed E-state index contributed by atoms with van der Waals surface area (Å²) in [7, 11) is 0. The molecule has 3 N–H and O–H groups in total. The zero-order valence-corrected chi connectivity index (χ0v) is 12.2. The standard InChI is InChI=1S/C15H25N3/c1-6-13(5)18-15(16)17-9-14-11(3)7-10(2)8-12(14)4/h7-8,13H,6,9H2,1-5H3,(H3,16,17,18). The summed E-state index contributed by atoms with van der Waals surface area (Å²) in [5.41, 5.74) is 11.0. The molecule has 0 aliphatic heterocycles. The van der Waals surface area contributed by atoms with Crippen LogP contribution in [0.15, 0.2) is 17.1 Å². The third kappa shape index (κ3) is 4.06. The molecule has 1 rings (SSSR count). The van der Waals surface area contributed by atoms with Crippen LogP contribution in [-0.4, -0.2) is 12.0 Å². The van der Waals surface area contributed by atoms with Gasteiger partial charge in [-0.15, -0.1) is 0 Å². The van der Waals surface area contributed by atoms with E-state index in [-0.39, 0.29) is 0 Å². The molecule has 0 saturated carbocycles. The second kappa shape index (κ2) is 6.43. The lowest BCUT2D eigenvalue weighted by atomic mass is 10.00. The van der Waals surface area contributed by atoms with Crippen LogP contribution in [0.4, 0.5) is 0 Å². The Morgan fingerprint density at radius 2 is 1.83 bits per heavy atom. The Balaban J connectivity index is 2.77. The number of benzene rings is 1. The van der Waals surface area contributed by atoms with Gasteiger partial charge in [-0.1, -0.05) is 24.6 Å². The van der Waals surface area contributed by atoms with Gasteiger partial charge in [0, 0.05) is 6.04 Å². The molecule has 0 saturated heterocycles. The molecule has 0 fully saturated rings. The molecular formula is C15H25N3. The van der Waals surface area contributed by atoms with E-state index in [0.29, 0.717) is 18.5 Å². The van der Waals surface area contributed by atoms with Crippen molar-refractivity contribution in [2.75, 3.05) is 0 Å². The van der Waals surface area contributed by atoms with E-state index < -0.39 is 0 Å². The van der Waals surface area contributed by atoms with Crippen LogP contribution < -0.4 is 11.1 Å². The number of aliphatic imine (C=N–C) groups is 1. The normalized spacial score (nSPS) is 13.5. The van der Waals surface area contributed by atoms with Crippen LogP contribution in [0.3, 0.4) is 0 Å². The molecule has 1 aromatic carbocycles. The molecule has 0 aliphatic rings. The maximum Gasteiger partial charge on any atom is 0.189 e. The summed E-state index contributed by atoms with van der Waals surface area (Å²) in [4.78, 5) is 4.42. The van der Waals surface area contributed by atoms with E-state index in [0.717, 1.165) is 6.42 Å². The molecule has 1 unspecified atom stereocenters. The zero-order chi connectivity index (χ0) is 13.7. The Hall–Kier alpha value is -1.51. The minimum absolute atomic E-state index is 0.369. The first-order valence-corrected chi connectivity index (χ1v) is 6.57. The zero-order valence-electron chi connectivity index (χ0n) is 12.2. The lowest BCUT2D eigenvalue weighted by Crippen LogP contribution is -2.38. The molecule has 0 radical (unpaired) electrons. The maximum absolute atomic E-state index is 5.87. The van der Waals surface area contributed by atoms with Crippen molar-refractivity contribution in [3.63, 3.8) is 0 Å². The molecule has 0 spiro atoms. The summed E-state index contributed by atoms with van der Waals surface area (Å²) in [6, 6.07) is 4.75. The van der Waals surface area contributed by atoms with Gasteiger partial charge in [0.05, 0.1) is 6.54 Å². The number of nitrogens with two attached hydrogens (primary N) is 1. The average molecular weight is 247 g/mol. The van der Waals surface area contributed by atoms with Crippen molar-refractivity contribution < 1.29 is 0 Å². The van der Waals surface area contributed by atoms with Crippen molar-refractivity contribution in [1.82, 2.24) is 5.32 Å². The van der Waals surface area contributed by atoms with Gasteiger partial charge in [0.1, 0.15) is 0 Å². The fourth-order valence-corrected chi connectivity index (χ4v) is 2.02. The van der Waals surface area contributed by atoms with Crippen LogP contribution in [0.5, 0.6) is 0 Å². The molecule has 0 amide bonds. The molecule has 0 aromatic heterocycles. The number of hydrogen-bond acceptors (Lipinski definition) is 1. The van der Waals surface area contributed by atoms with Crippen molar-refractivity contribution in [2.45, 2.75) is 53.6 Å². The van der Waals surface area contributed by atoms with Crippen molar-refractivity contribution in [2.24, 2.45) is 10.7 Å². The highest BCUT2D eigenvalue weighted by Gasteiger charge is 2.04.